The first-order valence-electron chi connectivity index (χ1n) is 2.75. The summed E-state index contributed by atoms with van der Waals surface area (Å²) in [5.74, 6) is 0.0460. The first-order valence-corrected chi connectivity index (χ1v) is 3.97. The number of nitrogens with zero attached hydrogens (tertiary/aromatic N) is 1. The van der Waals surface area contributed by atoms with Gasteiger partial charge in [-0.1, -0.05) is 11.8 Å². The van der Waals surface area contributed by atoms with Crippen LogP contribution in [-0.4, -0.2) is 17.0 Å². The molecule has 54 valence electrons. The minimum atomic E-state index is -0.139. The first-order chi connectivity index (χ1) is 4.74. The molecule has 0 unspecified atom stereocenters. The fourth-order valence-electron chi connectivity index (χ4n) is 0.516. The Morgan fingerprint density at radius 3 is 2.80 bits per heavy atom. The Labute approximate surface area is 62.8 Å². The van der Waals surface area contributed by atoms with Crippen molar-refractivity contribution in [2.45, 2.75) is 12.0 Å². The average molecular weight is 157 g/mol. The summed E-state index contributed by atoms with van der Waals surface area (Å²) in [6.07, 6.45) is 3.41. The van der Waals surface area contributed by atoms with Gasteiger partial charge in [0.15, 0.2) is 5.09 Å². The van der Waals surface area contributed by atoms with E-state index in [4.69, 9.17) is 4.42 Å². The Balaban J connectivity index is 2.88. The molecular weight excluding hydrogens is 150 g/mol. The zero-order valence-electron chi connectivity index (χ0n) is 5.75. The minimum Gasteiger partial charge on any atom is -0.427 e. The van der Waals surface area contributed by atoms with Gasteiger partial charge in [-0.2, -0.15) is 0 Å². The van der Waals surface area contributed by atoms with Crippen LogP contribution in [0.25, 0.3) is 0 Å². The van der Waals surface area contributed by atoms with Crippen LogP contribution in [0.3, 0.4) is 0 Å². The van der Waals surface area contributed by atoms with Crippen LogP contribution in [-0.2, 0) is 0 Å². The lowest BCUT2D eigenvalue weighted by Gasteiger charge is -1.83. The van der Waals surface area contributed by atoms with E-state index in [2.05, 4.69) is 4.98 Å². The average Bonchev–Trinajstić information content (AvgIpc) is 2.34. The monoisotopic (exact) mass is 157 g/mol. The summed E-state index contributed by atoms with van der Waals surface area (Å²) >= 11 is 1.43. The Morgan fingerprint density at radius 1 is 1.80 bits per heavy atom. The van der Waals surface area contributed by atoms with Gasteiger partial charge in [-0.15, -0.1) is 0 Å². The molecule has 0 bridgehead atoms. The molecule has 0 saturated heterocycles. The van der Waals surface area contributed by atoms with Crippen LogP contribution >= 0.6 is 11.8 Å². The topological polar surface area (TPSA) is 43.1 Å². The number of oxazole rings is 1. The number of Topliss-reactive ketones (excluding diaryl/α,β-unsaturated/α-hetero) is 1. The number of thioether (sulfide) groups is 1. The van der Waals surface area contributed by atoms with Gasteiger partial charge in [0.25, 0.3) is 5.89 Å². The highest BCUT2D eigenvalue weighted by molar-refractivity contribution is 7.98. The van der Waals surface area contributed by atoms with Crippen LogP contribution in [0.2, 0.25) is 0 Å². The molecule has 0 atom stereocenters. The number of aromatic nitrogens is 1. The predicted molar refractivity (Wildman–Crippen MR) is 38.3 cm³/mol. The van der Waals surface area contributed by atoms with Crippen molar-refractivity contribution in [3.63, 3.8) is 0 Å². The number of rotatable bonds is 2. The van der Waals surface area contributed by atoms with Gasteiger partial charge in [0.2, 0.25) is 5.78 Å². The summed E-state index contributed by atoms with van der Waals surface area (Å²) in [6, 6.07) is 0. The molecular formula is C6H7NO2S. The number of ketones is 1. The highest BCUT2D eigenvalue weighted by Crippen LogP contribution is 2.14. The molecule has 0 aliphatic carbocycles. The molecule has 0 spiro atoms. The molecule has 0 saturated carbocycles. The van der Waals surface area contributed by atoms with E-state index in [0.29, 0.717) is 5.09 Å². The van der Waals surface area contributed by atoms with Gasteiger partial charge in [0.05, 0.1) is 6.20 Å². The van der Waals surface area contributed by atoms with Crippen molar-refractivity contribution in [3.8, 4) is 0 Å². The van der Waals surface area contributed by atoms with E-state index in [9.17, 15) is 4.79 Å². The van der Waals surface area contributed by atoms with Crippen molar-refractivity contribution in [1.29, 1.82) is 0 Å². The van der Waals surface area contributed by atoms with E-state index < -0.39 is 0 Å². The van der Waals surface area contributed by atoms with Gasteiger partial charge < -0.3 is 4.42 Å². The molecule has 0 aromatic carbocycles. The normalized spacial score (nSPS) is 9.80. The van der Waals surface area contributed by atoms with E-state index in [-0.39, 0.29) is 11.7 Å². The van der Waals surface area contributed by atoms with E-state index in [1.165, 1.54) is 18.7 Å². The van der Waals surface area contributed by atoms with Crippen LogP contribution in [0.15, 0.2) is 15.7 Å². The van der Waals surface area contributed by atoms with Crippen molar-refractivity contribution in [3.05, 3.63) is 12.1 Å². The molecule has 0 aliphatic rings. The van der Waals surface area contributed by atoms with Gasteiger partial charge in [0, 0.05) is 6.92 Å². The SMILES string of the molecule is CSc1cnc(C(C)=O)o1. The predicted octanol–water partition coefficient (Wildman–Crippen LogP) is 1.60. The van der Waals surface area contributed by atoms with Crippen LogP contribution in [0.4, 0.5) is 0 Å². The molecule has 0 N–H and O–H groups in total. The summed E-state index contributed by atoms with van der Waals surface area (Å²) in [4.78, 5) is 14.4. The maximum Gasteiger partial charge on any atom is 0.263 e. The Morgan fingerprint density at radius 2 is 2.50 bits per heavy atom. The van der Waals surface area contributed by atoms with Gasteiger partial charge >= 0.3 is 0 Å². The highest BCUT2D eigenvalue weighted by atomic mass is 32.2. The molecule has 10 heavy (non-hydrogen) atoms. The molecule has 0 aliphatic heterocycles. The highest BCUT2D eigenvalue weighted by Gasteiger charge is 2.05. The van der Waals surface area contributed by atoms with E-state index in [1.807, 2.05) is 6.26 Å². The fourth-order valence-corrected chi connectivity index (χ4v) is 0.837. The lowest BCUT2D eigenvalue weighted by Crippen LogP contribution is -1.89. The third-order valence-electron chi connectivity index (χ3n) is 0.987. The second-order valence-corrected chi connectivity index (χ2v) is 2.56. The second kappa shape index (κ2) is 2.88. The standard InChI is InChI=1S/C6H7NO2S/c1-4(8)6-7-3-5(9-6)10-2/h3H,1-2H3. The van der Waals surface area contributed by atoms with Crippen molar-refractivity contribution in [2.24, 2.45) is 0 Å². The molecule has 3 nitrogen and oxygen atoms in total. The van der Waals surface area contributed by atoms with Crippen LogP contribution in [0, 0.1) is 0 Å². The maximum atomic E-state index is 10.6. The Kier molecular flexibility index (Phi) is 2.11. The summed E-state index contributed by atoms with van der Waals surface area (Å²) < 4.78 is 5.00. The zero-order valence-corrected chi connectivity index (χ0v) is 6.57. The summed E-state index contributed by atoms with van der Waals surface area (Å²) in [6.45, 7) is 1.43. The van der Waals surface area contributed by atoms with Crippen molar-refractivity contribution in [1.82, 2.24) is 4.98 Å². The molecule has 0 amide bonds. The number of hydrogen-bond donors (Lipinski definition) is 0. The lowest BCUT2D eigenvalue weighted by molar-refractivity contribution is 0.0976. The molecule has 0 radical (unpaired) electrons. The van der Waals surface area contributed by atoms with Gasteiger partial charge in [0.1, 0.15) is 0 Å². The second-order valence-electron chi connectivity index (χ2n) is 1.74. The molecule has 1 aromatic rings. The molecule has 0 fully saturated rings. The smallest absolute Gasteiger partial charge is 0.263 e. The summed E-state index contributed by atoms with van der Waals surface area (Å²) in [7, 11) is 0. The summed E-state index contributed by atoms with van der Waals surface area (Å²) in [5, 5.41) is 0.671. The van der Waals surface area contributed by atoms with Crippen molar-refractivity contribution < 1.29 is 9.21 Å². The quantitative estimate of drug-likeness (QED) is 0.483. The first kappa shape index (κ1) is 7.34. The van der Waals surface area contributed by atoms with Crippen LogP contribution in [0.1, 0.15) is 17.6 Å². The Bertz CT molecular complexity index is 244. The van der Waals surface area contributed by atoms with E-state index in [0.717, 1.165) is 0 Å². The molecule has 4 heteroatoms. The fraction of sp³-hybridized carbons (Fsp3) is 0.333. The molecule has 1 rings (SSSR count). The molecule has 1 heterocycles. The molecule has 1 aromatic heterocycles. The largest absolute Gasteiger partial charge is 0.427 e. The third kappa shape index (κ3) is 1.39. The van der Waals surface area contributed by atoms with Crippen molar-refractivity contribution in [2.75, 3.05) is 6.26 Å². The summed E-state index contributed by atoms with van der Waals surface area (Å²) in [5.41, 5.74) is 0. The van der Waals surface area contributed by atoms with Gasteiger partial charge in [-0.3, -0.25) is 4.79 Å². The third-order valence-corrected chi connectivity index (χ3v) is 1.58. The lowest BCUT2D eigenvalue weighted by atomic mass is 10.5. The number of hydrogen-bond acceptors (Lipinski definition) is 4. The van der Waals surface area contributed by atoms with Gasteiger partial charge in [-0.05, 0) is 6.26 Å². The maximum absolute atomic E-state index is 10.6. The van der Waals surface area contributed by atoms with E-state index in [1.54, 1.807) is 6.20 Å². The Hall–Kier alpha value is -0.770. The zero-order chi connectivity index (χ0) is 7.56. The van der Waals surface area contributed by atoms with Crippen LogP contribution in [0.5, 0.6) is 0 Å². The van der Waals surface area contributed by atoms with Crippen LogP contribution < -0.4 is 0 Å². The van der Waals surface area contributed by atoms with Crippen molar-refractivity contribution >= 4 is 17.5 Å². The van der Waals surface area contributed by atoms with Gasteiger partial charge in [-0.25, -0.2) is 4.98 Å². The number of carbonyl (C=O) groups excluding carboxylic acids is 1. The number of carbonyl (C=O) groups is 1. The minimum absolute atomic E-state index is 0.139. The van der Waals surface area contributed by atoms with E-state index >= 15 is 0 Å².